The summed E-state index contributed by atoms with van der Waals surface area (Å²) in [5.41, 5.74) is 3.66. The lowest BCUT2D eigenvalue weighted by atomic mass is 9.89. The number of rotatable bonds is 5. The summed E-state index contributed by atoms with van der Waals surface area (Å²) in [5, 5.41) is 3.04. The number of piperidine rings is 1. The van der Waals surface area contributed by atoms with Crippen LogP contribution in [-0.4, -0.2) is 49.6 Å². The lowest BCUT2D eigenvalue weighted by Gasteiger charge is -2.39. The topological polar surface area (TPSA) is 44.8 Å². The number of ether oxygens (including phenoxy) is 1. The van der Waals surface area contributed by atoms with Crippen molar-refractivity contribution in [2.45, 2.75) is 24.8 Å². The Hall–Kier alpha value is -2.53. The fraction of sp³-hybridized carbons (Fsp3) is 0.409. The van der Waals surface area contributed by atoms with Gasteiger partial charge < -0.3 is 19.9 Å². The summed E-state index contributed by atoms with van der Waals surface area (Å²) in [6, 6.07) is 16.8. The quantitative estimate of drug-likeness (QED) is 0.829. The number of fused-ring (bicyclic) bond motifs is 3. The molecule has 0 radical (unpaired) electrons. The normalized spacial score (nSPS) is 23.6. The number of carbonyl (C=O) groups excluding carboxylic acids is 1. The Morgan fingerprint density at radius 3 is 2.89 bits per heavy atom. The monoisotopic (exact) mass is 363 g/mol. The third-order valence-corrected chi connectivity index (χ3v) is 6.03. The van der Waals surface area contributed by atoms with E-state index in [0.29, 0.717) is 18.5 Å². The van der Waals surface area contributed by atoms with Gasteiger partial charge in [-0.25, -0.2) is 0 Å². The van der Waals surface area contributed by atoms with Gasteiger partial charge in [0.25, 0.3) is 0 Å². The smallest absolute Gasteiger partial charge is 0.243 e. The van der Waals surface area contributed by atoms with Crippen molar-refractivity contribution in [1.82, 2.24) is 4.90 Å². The molecule has 0 bridgehead atoms. The van der Waals surface area contributed by atoms with Crippen LogP contribution in [0.5, 0.6) is 5.75 Å². The molecule has 0 saturated carbocycles. The fourth-order valence-corrected chi connectivity index (χ4v) is 4.87. The lowest BCUT2D eigenvalue weighted by Crippen LogP contribution is -2.49. The van der Waals surface area contributed by atoms with Crippen LogP contribution in [0.4, 0.5) is 11.4 Å². The van der Waals surface area contributed by atoms with Crippen LogP contribution in [0, 0.1) is 0 Å². The van der Waals surface area contributed by atoms with E-state index in [1.54, 1.807) is 0 Å². The van der Waals surface area contributed by atoms with Crippen molar-refractivity contribution >= 4 is 17.3 Å². The molecular weight excluding hydrogens is 338 g/mol. The molecule has 27 heavy (non-hydrogen) atoms. The second-order valence-corrected chi connectivity index (χ2v) is 7.70. The number of amides is 1. The van der Waals surface area contributed by atoms with Gasteiger partial charge in [-0.2, -0.15) is 0 Å². The number of carbonyl (C=O) groups is 1. The van der Waals surface area contributed by atoms with E-state index < -0.39 is 0 Å². The van der Waals surface area contributed by atoms with Gasteiger partial charge in [0.05, 0.1) is 24.5 Å². The zero-order valence-corrected chi connectivity index (χ0v) is 15.4. The summed E-state index contributed by atoms with van der Waals surface area (Å²) >= 11 is 0. The summed E-state index contributed by atoms with van der Waals surface area (Å²) in [5.74, 6) is 1.55. The van der Waals surface area contributed by atoms with Crippen molar-refractivity contribution < 1.29 is 9.53 Å². The Morgan fingerprint density at radius 2 is 2.00 bits per heavy atom. The number of likely N-dealkylation sites (tertiary alicyclic amines) is 1. The molecule has 1 fully saturated rings. The Labute approximate surface area is 159 Å². The van der Waals surface area contributed by atoms with E-state index in [2.05, 4.69) is 27.2 Å². The largest absolute Gasteiger partial charge is 0.494 e. The average molecular weight is 363 g/mol. The highest BCUT2D eigenvalue weighted by Gasteiger charge is 2.44. The van der Waals surface area contributed by atoms with E-state index in [0.717, 1.165) is 50.5 Å². The number of hydrogen-bond donors (Lipinski definition) is 1. The number of hydrogen-bond acceptors (Lipinski definition) is 4. The minimum atomic E-state index is 0.112. The maximum absolute atomic E-state index is 12.1. The van der Waals surface area contributed by atoms with Crippen molar-refractivity contribution in [3.05, 3.63) is 54.1 Å². The van der Waals surface area contributed by atoms with Gasteiger partial charge in [0.1, 0.15) is 5.75 Å². The number of benzene rings is 2. The molecule has 3 aliphatic heterocycles. The van der Waals surface area contributed by atoms with E-state index in [-0.39, 0.29) is 5.91 Å². The number of anilines is 2. The van der Waals surface area contributed by atoms with Gasteiger partial charge in [0.15, 0.2) is 0 Å². The van der Waals surface area contributed by atoms with Crippen LogP contribution >= 0.6 is 0 Å². The second-order valence-electron chi connectivity index (χ2n) is 7.70. The Balaban J connectivity index is 1.22. The van der Waals surface area contributed by atoms with Crippen molar-refractivity contribution in [2.24, 2.45) is 0 Å². The Bertz CT molecular complexity index is 839. The minimum absolute atomic E-state index is 0.112. The van der Waals surface area contributed by atoms with Crippen molar-refractivity contribution in [3.63, 3.8) is 0 Å². The van der Waals surface area contributed by atoms with Crippen LogP contribution < -0.4 is 15.0 Å². The van der Waals surface area contributed by atoms with E-state index >= 15 is 0 Å². The molecule has 1 N–H and O–H groups in total. The van der Waals surface area contributed by atoms with Gasteiger partial charge >= 0.3 is 0 Å². The SMILES string of the molecule is O=C1CN2c3c(cccc3[C@@H]3CN(CCCOc4ccccc4)CC[C@@H]32)N1. The first-order valence-electron chi connectivity index (χ1n) is 9.89. The maximum Gasteiger partial charge on any atom is 0.243 e. The van der Waals surface area contributed by atoms with Gasteiger partial charge in [0, 0.05) is 31.6 Å². The van der Waals surface area contributed by atoms with Gasteiger partial charge in [-0.15, -0.1) is 0 Å². The molecule has 0 unspecified atom stereocenters. The molecule has 3 aliphatic rings. The van der Waals surface area contributed by atoms with Crippen LogP contribution in [-0.2, 0) is 4.79 Å². The molecule has 0 aromatic heterocycles. The molecule has 5 heteroatoms. The van der Waals surface area contributed by atoms with Crippen LogP contribution in [0.2, 0.25) is 0 Å². The van der Waals surface area contributed by atoms with E-state index in [4.69, 9.17) is 4.74 Å². The van der Waals surface area contributed by atoms with E-state index in [1.165, 1.54) is 11.3 Å². The molecule has 0 aliphatic carbocycles. The first-order chi connectivity index (χ1) is 13.3. The average Bonchev–Trinajstić information content (AvgIpc) is 3.01. The molecule has 5 nitrogen and oxygen atoms in total. The highest BCUT2D eigenvalue weighted by atomic mass is 16.5. The van der Waals surface area contributed by atoms with Gasteiger partial charge in [-0.05, 0) is 36.6 Å². The third kappa shape index (κ3) is 3.06. The molecule has 2 atom stereocenters. The number of para-hydroxylation sites is 2. The Kier molecular flexibility index (Phi) is 4.24. The Morgan fingerprint density at radius 1 is 1.11 bits per heavy atom. The lowest BCUT2D eigenvalue weighted by molar-refractivity contribution is -0.115. The first kappa shape index (κ1) is 16.6. The minimum Gasteiger partial charge on any atom is -0.494 e. The standard InChI is InChI=1S/C22H25N3O2/c26-21-15-25-20-10-12-24(11-5-13-27-16-6-2-1-3-7-16)14-18(20)17-8-4-9-19(23-21)22(17)25/h1-4,6-9,18,20H,5,10-15H2,(H,23,26)/t18-,20-/m0/s1. The molecule has 2 aromatic rings. The molecule has 1 amide bonds. The highest BCUT2D eigenvalue weighted by molar-refractivity contribution is 6.03. The van der Waals surface area contributed by atoms with Crippen molar-refractivity contribution in [3.8, 4) is 5.75 Å². The second kappa shape index (κ2) is 6.89. The molecule has 3 heterocycles. The predicted octanol–water partition coefficient (Wildman–Crippen LogP) is 3.09. The van der Waals surface area contributed by atoms with Crippen molar-refractivity contribution in [1.29, 1.82) is 0 Å². The van der Waals surface area contributed by atoms with Crippen LogP contribution in [0.3, 0.4) is 0 Å². The van der Waals surface area contributed by atoms with Crippen LogP contribution in [0.1, 0.15) is 24.3 Å². The number of nitrogens with zero attached hydrogens (tertiary/aromatic N) is 2. The molecule has 1 saturated heterocycles. The molecule has 5 rings (SSSR count). The zero-order chi connectivity index (χ0) is 18.2. The zero-order valence-electron chi connectivity index (χ0n) is 15.4. The van der Waals surface area contributed by atoms with Crippen molar-refractivity contribution in [2.75, 3.05) is 43.0 Å². The molecule has 0 spiro atoms. The highest BCUT2D eigenvalue weighted by Crippen LogP contribution is 2.49. The third-order valence-electron chi connectivity index (χ3n) is 6.03. The van der Waals surface area contributed by atoms with Gasteiger partial charge in [-0.3, -0.25) is 4.79 Å². The summed E-state index contributed by atoms with van der Waals surface area (Å²) < 4.78 is 5.83. The molecule has 140 valence electrons. The summed E-state index contributed by atoms with van der Waals surface area (Å²) in [7, 11) is 0. The van der Waals surface area contributed by atoms with E-state index in [1.807, 2.05) is 36.4 Å². The van der Waals surface area contributed by atoms with Gasteiger partial charge in [-0.1, -0.05) is 30.3 Å². The molecular formula is C22H25N3O2. The first-order valence-corrected chi connectivity index (χ1v) is 9.89. The van der Waals surface area contributed by atoms with Crippen LogP contribution in [0.15, 0.2) is 48.5 Å². The predicted molar refractivity (Wildman–Crippen MR) is 107 cm³/mol. The summed E-state index contributed by atoms with van der Waals surface area (Å²) in [6.07, 6.45) is 2.15. The molecule has 2 aromatic carbocycles. The maximum atomic E-state index is 12.1. The van der Waals surface area contributed by atoms with Crippen LogP contribution in [0.25, 0.3) is 0 Å². The number of nitrogens with one attached hydrogen (secondary N) is 1. The fourth-order valence-electron chi connectivity index (χ4n) is 4.87. The van der Waals surface area contributed by atoms with Gasteiger partial charge in [0.2, 0.25) is 5.91 Å². The summed E-state index contributed by atoms with van der Waals surface area (Å²) in [4.78, 5) is 17.0. The van der Waals surface area contributed by atoms with E-state index in [9.17, 15) is 4.79 Å². The summed E-state index contributed by atoms with van der Waals surface area (Å²) in [6.45, 7) is 4.46.